The van der Waals surface area contributed by atoms with E-state index in [1.807, 2.05) is 47.0 Å². The summed E-state index contributed by atoms with van der Waals surface area (Å²) in [6.45, 7) is 2.86. The highest BCUT2D eigenvalue weighted by molar-refractivity contribution is 7.92. The normalized spacial score (nSPS) is 16.7. The maximum Gasteiger partial charge on any atom is 0.283 e. The number of hydrogen-bond acceptors (Lipinski definition) is 4. The van der Waals surface area contributed by atoms with Gasteiger partial charge in [0.1, 0.15) is 5.82 Å². The van der Waals surface area contributed by atoms with Crippen molar-refractivity contribution in [3.05, 3.63) is 72.2 Å². The standard InChI is InChI=1S/C23H26N4O2S/c28-30(29,23-18-26-14-7-6-13-22(26)24-23)27-16-8-15-25(17-19-9-2-1-3-10-19)20-11-4-5-12-21(20)27/h1-5,9-12,18H,6-8,13-17H2. The molecule has 5 rings (SSSR count). The Kier molecular flexibility index (Phi) is 4.98. The average Bonchev–Trinajstić information content (AvgIpc) is 3.13. The predicted octanol–water partition coefficient (Wildman–Crippen LogP) is 3.83. The molecule has 156 valence electrons. The molecule has 6 nitrogen and oxygen atoms in total. The zero-order valence-electron chi connectivity index (χ0n) is 16.9. The van der Waals surface area contributed by atoms with Crippen LogP contribution in [0.1, 0.15) is 30.7 Å². The van der Waals surface area contributed by atoms with E-state index >= 15 is 0 Å². The SMILES string of the molecule is O=S(=O)(c1cn2c(n1)CCCC2)N1CCCN(Cc2ccccc2)c2ccccc21. The van der Waals surface area contributed by atoms with Crippen LogP contribution < -0.4 is 9.21 Å². The third-order valence-corrected chi connectivity index (χ3v) is 7.62. The summed E-state index contributed by atoms with van der Waals surface area (Å²) < 4.78 is 30.8. The Hall–Kier alpha value is -2.80. The van der Waals surface area contributed by atoms with Crippen molar-refractivity contribution >= 4 is 21.4 Å². The molecule has 0 amide bonds. The highest BCUT2D eigenvalue weighted by Gasteiger charge is 2.32. The van der Waals surface area contributed by atoms with Gasteiger partial charge in [0.25, 0.3) is 10.0 Å². The molecule has 30 heavy (non-hydrogen) atoms. The molecule has 7 heteroatoms. The van der Waals surface area contributed by atoms with Crippen LogP contribution in [0.2, 0.25) is 0 Å². The Morgan fingerprint density at radius 2 is 1.60 bits per heavy atom. The molecular weight excluding hydrogens is 396 g/mol. The minimum Gasteiger partial charge on any atom is -0.365 e. The fourth-order valence-corrected chi connectivity index (χ4v) is 5.92. The quantitative estimate of drug-likeness (QED) is 0.641. The van der Waals surface area contributed by atoms with Crippen LogP contribution in [0.25, 0.3) is 0 Å². The molecule has 2 aliphatic rings. The lowest BCUT2D eigenvalue weighted by atomic mass is 10.2. The van der Waals surface area contributed by atoms with Crippen molar-refractivity contribution in [2.75, 3.05) is 22.3 Å². The largest absolute Gasteiger partial charge is 0.365 e. The Labute approximate surface area is 177 Å². The third-order valence-electron chi connectivity index (χ3n) is 5.94. The fraction of sp³-hybridized carbons (Fsp3) is 0.348. The number of fused-ring (bicyclic) bond motifs is 2. The van der Waals surface area contributed by atoms with Gasteiger partial charge in [-0.15, -0.1) is 0 Å². The number of imidazole rings is 1. The molecule has 0 saturated heterocycles. The topological polar surface area (TPSA) is 58.4 Å². The maximum atomic E-state index is 13.6. The Bertz CT molecular complexity index is 1120. The summed E-state index contributed by atoms with van der Waals surface area (Å²) in [5, 5.41) is 0.172. The lowest BCUT2D eigenvalue weighted by Gasteiger charge is -2.27. The molecule has 0 saturated carbocycles. The van der Waals surface area contributed by atoms with Gasteiger partial charge in [0.05, 0.1) is 11.4 Å². The fourth-order valence-electron chi connectivity index (χ4n) is 4.43. The van der Waals surface area contributed by atoms with Crippen LogP contribution in [0.5, 0.6) is 0 Å². The first-order valence-corrected chi connectivity index (χ1v) is 12.0. The smallest absolute Gasteiger partial charge is 0.283 e. The second-order valence-electron chi connectivity index (χ2n) is 7.97. The molecule has 0 radical (unpaired) electrons. The predicted molar refractivity (Wildman–Crippen MR) is 118 cm³/mol. The first-order chi connectivity index (χ1) is 14.6. The van der Waals surface area contributed by atoms with Crippen molar-refractivity contribution in [2.24, 2.45) is 0 Å². The van der Waals surface area contributed by atoms with Crippen LogP contribution >= 0.6 is 0 Å². The van der Waals surface area contributed by atoms with Gasteiger partial charge in [-0.1, -0.05) is 42.5 Å². The van der Waals surface area contributed by atoms with E-state index in [0.717, 1.165) is 62.5 Å². The first-order valence-electron chi connectivity index (χ1n) is 10.6. The lowest BCUT2D eigenvalue weighted by molar-refractivity contribution is 0.522. The van der Waals surface area contributed by atoms with E-state index < -0.39 is 10.0 Å². The zero-order valence-corrected chi connectivity index (χ0v) is 17.8. The molecule has 0 unspecified atom stereocenters. The minimum atomic E-state index is -3.71. The molecular formula is C23H26N4O2S. The van der Waals surface area contributed by atoms with Gasteiger partial charge in [0.2, 0.25) is 0 Å². The number of hydrogen-bond donors (Lipinski definition) is 0. The average molecular weight is 423 g/mol. The van der Waals surface area contributed by atoms with E-state index in [1.54, 1.807) is 10.5 Å². The van der Waals surface area contributed by atoms with E-state index in [4.69, 9.17) is 0 Å². The van der Waals surface area contributed by atoms with E-state index in [9.17, 15) is 8.42 Å². The number of aromatic nitrogens is 2. The lowest BCUT2D eigenvalue weighted by Crippen LogP contribution is -2.32. The van der Waals surface area contributed by atoms with Gasteiger partial charge in [-0.25, -0.2) is 4.98 Å². The van der Waals surface area contributed by atoms with Gasteiger partial charge >= 0.3 is 0 Å². The Morgan fingerprint density at radius 1 is 0.833 bits per heavy atom. The highest BCUT2D eigenvalue weighted by Crippen LogP contribution is 2.36. The first kappa shape index (κ1) is 19.2. The van der Waals surface area contributed by atoms with Crippen LogP contribution in [-0.2, 0) is 29.5 Å². The molecule has 0 N–H and O–H groups in total. The van der Waals surface area contributed by atoms with Gasteiger partial charge in [0.15, 0.2) is 5.03 Å². The molecule has 0 bridgehead atoms. The minimum absolute atomic E-state index is 0.172. The molecule has 2 aromatic carbocycles. The van der Waals surface area contributed by atoms with Gasteiger partial charge in [-0.3, -0.25) is 4.31 Å². The van der Waals surface area contributed by atoms with Gasteiger partial charge in [-0.05, 0) is 37.0 Å². The van der Waals surface area contributed by atoms with Crippen LogP contribution in [0.15, 0.2) is 65.8 Å². The summed E-state index contributed by atoms with van der Waals surface area (Å²) in [6.07, 6.45) is 5.46. The molecule has 0 aliphatic carbocycles. The van der Waals surface area contributed by atoms with Crippen molar-refractivity contribution in [3.8, 4) is 0 Å². The number of rotatable bonds is 4. The van der Waals surface area contributed by atoms with E-state index in [0.29, 0.717) is 6.54 Å². The van der Waals surface area contributed by atoms with Gasteiger partial charge in [0, 0.05) is 38.8 Å². The number of anilines is 2. The summed E-state index contributed by atoms with van der Waals surface area (Å²) in [5.74, 6) is 0.883. The molecule has 3 aromatic rings. The van der Waals surface area contributed by atoms with Crippen molar-refractivity contribution in [1.29, 1.82) is 0 Å². The monoisotopic (exact) mass is 422 g/mol. The zero-order chi connectivity index (χ0) is 20.6. The van der Waals surface area contributed by atoms with E-state index in [2.05, 4.69) is 22.0 Å². The molecule has 3 heterocycles. The number of aryl methyl sites for hydroxylation is 2. The Balaban J connectivity index is 1.52. The Morgan fingerprint density at radius 3 is 2.40 bits per heavy atom. The molecule has 0 atom stereocenters. The van der Waals surface area contributed by atoms with E-state index in [-0.39, 0.29) is 5.03 Å². The summed E-state index contributed by atoms with van der Waals surface area (Å²) >= 11 is 0. The van der Waals surface area contributed by atoms with Crippen LogP contribution in [0.4, 0.5) is 11.4 Å². The van der Waals surface area contributed by atoms with Crippen LogP contribution in [-0.4, -0.2) is 31.1 Å². The summed E-state index contributed by atoms with van der Waals surface area (Å²) in [7, 11) is -3.71. The highest BCUT2D eigenvalue weighted by atomic mass is 32.2. The summed E-state index contributed by atoms with van der Waals surface area (Å²) in [5.41, 5.74) is 2.90. The summed E-state index contributed by atoms with van der Waals surface area (Å²) in [4.78, 5) is 6.78. The maximum absolute atomic E-state index is 13.6. The second kappa shape index (κ2) is 7.80. The van der Waals surface area contributed by atoms with Crippen molar-refractivity contribution < 1.29 is 8.42 Å². The van der Waals surface area contributed by atoms with Crippen LogP contribution in [0, 0.1) is 0 Å². The van der Waals surface area contributed by atoms with Crippen molar-refractivity contribution in [3.63, 3.8) is 0 Å². The number of sulfonamides is 1. The molecule has 2 aliphatic heterocycles. The number of benzene rings is 2. The number of nitrogens with zero attached hydrogens (tertiary/aromatic N) is 4. The second-order valence-corrected chi connectivity index (χ2v) is 9.78. The van der Waals surface area contributed by atoms with Gasteiger partial charge in [-0.2, -0.15) is 8.42 Å². The number of para-hydroxylation sites is 2. The van der Waals surface area contributed by atoms with Crippen LogP contribution in [0.3, 0.4) is 0 Å². The molecule has 1 aromatic heterocycles. The van der Waals surface area contributed by atoms with Crippen molar-refractivity contribution in [2.45, 2.75) is 43.8 Å². The molecule has 0 fully saturated rings. The van der Waals surface area contributed by atoms with Crippen molar-refractivity contribution in [1.82, 2.24) is 9.55 Å². The third kappa shape index (κ3) is 3.47. The summed E-state index contributed by atoms with van der Waals surface area (Å²) in [6, 6.07) is 18.1. The van der Waals surface area contributed by atoms with E-state index in [1.165, 1.54) is 5.56 Å². The van der Waals surface area contributed by atoms with Gasteiger partial charge < -0.3 is 9.47 Å². The molecule has 0 spiro atoms.